The Morgan fingerprint density at radius 3 is 2.40 bits per heavy atom. The fourth-order valence-corrected chi connectivity index (χ4v) is 9.78. The zero-order valence-corrected chi connectivity index (χ0v) is 43.5. The number of pyridine rings is 1. The first-order valence-corrected chi connectivity index (χ1v) is 27.6. The maximum absolute atomic E-state index is 15.2. The van der Waals surface area contributed by atoms with Gasteiger partial charge in [-0.2, -0.15) is 0 Å². The largest absolute Gasteiger partial charge is 0.780 e. The molecule has 1 unspecified atom stereocenters. The van der Waals surface area contributed by atoms with Crippen molar-refractivity contribution < 1.29 is 61.5 Å². The summed E-state index contributed by atoms with van der Waals surface area (Å²) in [6.07, 6.45) is 7.93. The van der Waals surface area contributed by atoms with E-state index in [0.717, 1.165) is 50.2 Å². The lowest BCUT2D eigenvalue weighted by Gasteiger charge is -2.29. The Bertz CT molecular complexity index is 2400. The van der Waals surface area contributed by atoms with Gasteiger partial charge in [0.1, 0.15) is 37.2 Å². The SMILES string of the molecule is CC(C)OP([O-])(=S)OCCCCCCNC(=O)c1ccc(OCc2cn(CCOCCOCCOCCOc3ccc([C@H](CC(=O)O)N4CCN(CCCc5ccc6c(n5)NCCC6)C4=O)cc3F)nn2)cc1. The van der Waals surface area contributed by atoms with Gasteiger partial charge in [0.05, 0.1) is 77.6 Å². The van der Waals surface area contributed by atoms with Gasteiger partial charge in [0.15, 0.2) is 11.6 Å². The van der Waals surface area contributed by atoms with Gasteiger partial charge in [0.2, 0.25) is 0 Å². The maximum Gasteiger partial charge on any atom is 0.320 e. The molecule has 4 heterocycles. The van der Waals surface area contributed by atoms with Crippen molar-refractivity contribution in [2.75, 3.05) is 90.9 Å². The second-order valence-electron chi connectivity index (χ2n) is 17.8. The first-order chi connectivity index (χ1) is 35.3. The van der Waals surface area contributed by atoms with Crippen LogP contribution < -0.4 is 25.0 Å². The first-order valence-electron chi connectivity index (χ1n) is 25.0. The normalized spacial score (nSPS) is 14.7. The van der Waals surface area contributed by atoms with Gasteiger partial charge in [-0.1, -0.05) is 42.0 Å². The molecular weight excluding hydrogens is 987 g/mol. The molecule has 2 atom stereocenters. The monoisotopic (exact) mass is 1060 g/mol. The number of carboxylic acids is 1. The molecule has 73 heavy (non-hydrogen) atoms. The van der Waals surface area contributed by atoms with Crippen molar-refractivity contribution in [3.8, 4) is 11.5 Å². The van der Waals surface area contributed by atoms with Gasteiger partial charge in [-0.05, 0) is 106 Å². The third-order valence-electron chi connectivity index (χ3n) is 11.8. The topological polar surface area (TPSA) is 233 Å². The van der Waals surface area contributed by atoms with E-state index in [1.54, 1.807) is 60.0 Å². The van der Waals surface area contributed by atoms with E-state index < -0.39 is 24.5 Å². The average molecular weight is 1060 g/mol. The summed E-state index contributed by atoms with van der Waals surface area (Å²) in [6.45, 7) is 5.81. The number of anilines is 1. The number of nitrogens with zero attached hydrogens (tertiary/aromatic N) is 6. The number of urea groups is 1. The molecule has 1 fully saturated rings. The number of ether oxygens (including phenoxy) is 5. The molecule has 3 amide bonds. The fourth-order valence-electron chi connectivity index (χ4n) is 8.11. The summed E-state index contributed by atoms with van der Waals surface area (Å²) in [5.41, 5.74) is 3.72. The smallest absolute Gasteiger partial charge is 0.320 e. The number of aromatic nitrogens is 4. The zero-order valence-electron chi connectivity index (χ0n) is 41.8. The third-order valence-corrected chi connectivity index (χ3v) is 13.5. The molecule has 0 saturated carbocycles. The highest BCUT2D eigenvalue weighted by Crippen LogP contribution is 2.40. The molecular formula is C50H69FN8O12PS-. The number of carbonyl (C=O) groups excluding carboxylic acids is 2. The molecule has 23 heteroatoms. The number of halogens is 1. The molecule has 1 saturated heterocycles. The predicted molar refractivity (Wildman–Crippen MR) is 270 cm³/mol. The van der Waals surface area contributed by atoms with Gasteiger partial charge in [-0.15, -0.1) is 5.10 Å². The summed E-state index contributed by atoms with van der Waals surface area (Å²) < 4.78 is 55.5. The Balaban J connectivity index is 0.762. The van der Waals surface area contributed by atoms with E-state index in [9.17, 15) is 24.4 Å². The molecule has 2 aliphatic rings. The summed E-state index contributed by atoms with van der Waals surface area (Å²) in [7, 11) is 0. The second kappa shape index (κ2) is 30.1. The Morgan fingerprint density at radius 2 is 1.64 bits per heavy atom. The number of benzene rings is 2. The van der Waals surface area contributed by atoms with E-state index in [2.05, 4.69) is 27.0 Å². The van der Waals surface area contributed by atoms with Crippen LogP contribution in [0.3, 0.4) is 0 Å². The highest BCUT2D eigenvalue weighted by molar-refractivity contribution is 8.06. The Kier molecular flexibility index (Phi) is 23.5. The lowest BCUT2D eigenvalue weighted by Crippen LogP contribution is -2.36. The van der Waals surface area contributed by atoms with Gasteiger partial charge in [0, 0.05) is 44.0 Å². The number of carbonyl (C=O) groups is 3. The molecule has 20 nitrogen and oxygen atoms in total. The molecule has 2 aromatic heterocycles. The number of unbranched alkanes of at least 4 members (excludes halogenated alkanes) is 3. The molecule has 2 aliphatic heterocycles. The van der Waals surface area contributed by atoms with Crippen LogP contribution in [0.5, 0.6) is 11.5 Å². The van der Waals surface area contributed by atoms with E-state index in [-0.39, 0.29) is 56.6 Å². The molecule has 400 valence electrons. The number of aliphatic carboxylic acids is 1. The quantitative estimate of drug-likeness (QED) is 0.0350. The van der Waals surface area contributed by atoms with Gasteiger partial charge in [0.25, 0.3) is 5.91 Å². The van der Waals surface area contributed by atoms with Crippen LogP contribution in [0, 0.1) is 5.82 Å². The van der Waals surface area contributed by atoms with Gasteiger partial charge in [-0.25, -0.2) is 18.9 Å². The van der Waals surface area contributed by atoms with E-state index in [1.807, 2.05) is 6.07 Å². The van der Waals surface area contributed by atoms with Crippen LogP contribution in [0.1, 0.15) is 97.7 Å². The van der Waals surface area contributed by atoms with E-state index in [0.29, 0.717) is 108 Å². The van der Waals surface area contributed by atoms with Crippen LogP contribution in [-0.2, 0) is 65.9 Å². The van der Waals surface area contributed by atoms with E-state index >= 15 is 4.39 Å². The Labute approximate surface area is 431 Å². The number of hydrogen-bond acceptors (Lipinski definition) is 16. The van der Waals surface area contributed by atoms with Crippen LogP contribution in [-0.4, -0.2) is 144 Å². The maximum atomic E-state index is 15.2. The molecule has 6 rings (SSSR count). The Morgan fingerprint density at radius 1 is 0.890 bits per heavy atom. The predicted octanol–water partition coefficient (Wildman–Crippen LogP) is 6.08. The minimum Gasteiger partial charge on any atom is -0.780 e. The fraction of sp³-hybridized carbons (Fsp3) is 0.560. The van der Waals surface area contributed by atoms with Crippen molar-refractivity contribution in [2.24, 2.45) is 0 Å². The molecule has 4 aromatic rings. The number of nitrogens with one attached hydrogen (secondary N) is 2. The number of fused-ring (bicyclic) bond motifs is 1. The standard InChI is InChI=1S/C50H70FN8O12PS/c1-37(2)71-72(64,73)70-25-6-4-3-5-19-53-49(62)39-12-16-43(17-13-39)69-36-42-35-58(56-55-42)24-26-65-27-28-66-29-30-67-31-32-68-46-18-14-40(33-44(46)51)45(34-47(60)61)59-23-22-57(50(59)63)21-8-10-41-15-11-38-9-7-20-52-48(38)54-41/h11-18,33,35,37,45H,3-10,19-32,34,36H2,1-2H3,(H,52,54)(H,53,62)(H,60,61)(H,64,73)/p-1/t45-,72?/m0/s1. The minimum atomic E-state index is -3.43. The lowest BCUT2D eigenvalue weighted by atomic mass is 10.0. The minimum absolute atomic E-state index is 0.00192. The summed E-state index contributed by atoms with van der Waals surface area (Å²) >= 11 is 4.86. The summed E-state index contributed by atoms with van der Waals surface area (Å²) in [5.74, 6) is -0.394. The van der Waals surface area contributed by atoms with Crippen molar-refractivity contribution in [2.45, 2.75) is 96.9 Å². The second-order valence-corrected chi connectivity index (χ2v) is 20.5. The number of amides is 3. The Hall–Kier alpha value is -5.32. The van der Waals surface area contributed by atoms with Crippen LogP contribution >= 0.6 is 6.72 Å². The zero-order chi connectivity index (χ0) is 51.8. The molecule has 0 bridgehead atoms. The molecule has 2 aromatic carbocycles. The van der Waals surface area contributed by atoms with Crippen LogP contribution in [0.15, 0.2) is 60.8 Å². The van der Waals surface area contributed by atoms with Crippen LogP contribution in [0.4, 0.5) is 15.0 Å². The van der Waals surface area contributed by atoms with Crippen molar-refractivity contribution in [1.82, 2.24) is 35.1 Å². The van der Waals surface area contributed by atoms with Crippen molar-refractivity contribution in [3.63, 3.8) is 0 Å². The number of carboxylic acid groups (broad SMARTS) is 1. The number of rotatable bonds is 35. The van der Waals surface area contributed by atoms with Crippen LogP contribution in [0.2, 0.25) is 0 Å². The number of aryl methyl sites for hydroxylation is 2. The van der Waals surface area contributed by atoms with E-state index in [1.165, 1.54) is 22.6 Å². The highest BCUT2D eigenvalue weighted by atomic mass is 32.5. The lowest BCUT2D eigenvalue weighted by molar-refractivity contribution is -0.209. The van der Waals surface area contributed by atoms with Gasteiger partial charge < -0.3 is 63.2 Å². The van der Waals surface area contributed by atoms with Crippen LogP contribution in [0.25, 0.3) is 0 Å². The number of hydrogen-bond donors (Lipinski definition) is 3. The molecule has 3 N–H and O–H groups in total. The average Bonchev–Trinajstić information content (AvgIpc) is 3.98. The van der Waals surface area contributed by atoms with Gasteiger partial charge in [-0.3, -0.25) is 9.59 Å². The van der Waals surface area contributed by atoms with Crippen molar-refractivity contribution >= 4 is 42.3 Å². The first kappa shape index (κ1) is 57.0. The van der Waals surface area contributed by atoms with Gasteiger partial charge >= 0.3 is 12.0 Å². The summed E-state index contributed by atoms with van der Waals surface area (Å²) in [5, 5.41) is 24.2. The third kappa shape index (κ3) is 19.8. The summed E-state index contributed by atoms with van der Waals surface area (Å²) in [4.78, 5) is 57.8. The molecule has 0 spiro atoms. The van der Waals surface area contributed by atoms with E-state index in [4.69, 9.17) is 49.5 Å². The highest BCUT2D eigenvalue weighted by Gasteiger charge is 2.35. The van der Waals surface area contributed by atoms with Crippen molar-refractivity contribution in [1.29, 1.82) is 0 Å². The van der Waals surface area contributed by atoms with Crippen molar-refractivity contribution in [3.05, 3.63) is 94.7 Å². The summed E-state index contributed by atoms with van der Waals surface area (Å²) in [6, 6.07) is 14.2. The molecule has 0 radical (unpaired) electrons. The molecule has 0 aliphatic carbocycles.